The van der Waals surface area contributed by atoms with E-state index in [2.05, 4.69) is 10.4 Å². The minimum absolute atomic E-state index is 0.0478. The maximum absolute atomic E-state index is 12.7. The van der Waals surface area contributed by atoms with Crippen molar-refractivity contribution in [3.63, 3.8) is 0 Å². The van der Waals surface area contributed by atoms with Crippen molar-refractivity contribution in [1.29, 1.82) is 0 Å². The fourth-order valence-corrected chi connectivity index (χ4v) is 3.23. The fraction of sp³-hybridized carbons (Fsp3) is 0.182. The number of carbonyl (C=O) groups excluding carboxylic acids is 1. The number of rotatable bonds is 6. The van der Waals surface area contributed by atoms with Crippen molar-refractivity contribution in [3.05, 3.63) is 95.9 Å². The highest BCUT2D eigenvalue weighted by atomic mass is 16.3. The first-order valence-electron chi connectivity index (χ1n) is 9.06. The predicted molar refractivity (Wildman–Crippen MR) is 104 cm³/mol. The zero-order valence-corrected chi connectivity index (χ0v) is 14.9. The number of furan rings is 1. The molecule has 0 saturated heterocycles. The van der Waals surface area contributed by atoms with Crippen LogP contribution < -0.4 is 5.32 Å². The third-order valence-electron chi connectivity index (χ3n) is 4.61. The van der Waals surface area contributed by atoms with Gasteiger partial charge in [0.25, 0.3) is 5.91 Å². The molecule has 1 aliphatic rings. The molecule has 5 heteroatoms. The molecule has 1 atom stereocenters. The van der Waals surface area contributed by atoms with Crippen molar-refractivity contribution >= 4 is 11.6 Å². The summed E-state index contributed by atoms with van der Waals surface area (Å²) >= 11 is 0. The Kier molecular flexibility index (Phi) is 5.12. The Morgan fingerprint density at radius 2 is 1.78 bits per heavy atom. The minimum atomic E-state index is -0.176. The van der Waals surface area contributed by atoms with Crippen LogP contribution in [-0.4, -0.2) is 29.7 Å². The number of amides is 1. The van der Waals surface area contributed by atoms with Gasteiger partial charge in [0.05, 0.1) is 31.1 Å². The maximum atomic E-state index is 12.7. The average Bonchev–Trinajstić information content (AvgIpc) is 3.42. The quantitative estimate of drug-likeness (QED) is 0.732. The van der Waals surface area contributed by atoms with Crippen LogP contribution in [0.25, 0.3) is 0 Å². The molecule has 27 heavy (non-hydrogen) atoms. The molecule has 2 heterocycles. The molecule has 4 rings (SSSR count). The van der Waals surface area contributed by atoms with Gasteiger partial charge in [-0.15, -0.1) is 0 Å². The van der Waals surface area contributed by atoms with Crippen LogP contribution in [0.1, 0.15) is 29.3 Å². The van der Waals surface area contributed by atoms with E-state index >= 15 is 0 Å². The molecule has 0 saturated carbocycles. The number of hydrogen-bond acceptors (Lipinski definition) is 4. The number of nitrogens with one attached hydrogen (secondary N) is 1. The summed E-state index contributed by atoms with van der Waals surface area (Å²) in [5.74, 6) is 0.734. The predicted octanol–water partition coefficient (Wildman–Crippen LogP) is 3.60. The second-order valence-electron chi connectivity index (χ2n) is 6.42. The first kappa shape index (κ1) is 17.2. The Balaban J connectivity index is 1.44. The van der Waals surface area contributed by atoms with Crippen molar-refractivity contribution in [1.82, 2.24) is 10.3 Å². The van der Waals surface area contributed by atoms with Crippen LogP contribution in [0.3, 0.4) is 0 Å². The van der Waals surface area contributed by atoms with E-state index in [1.807, 2.05) is 72.8 Å². The topological polar surface area (TPSA) is 57.8 Å². The Bertz CT molecular complexity index is 905. The summed E-state index contributed by atoms with van der Waals surface area (Å²) < 4.78 is 5.57. The third-order valence-corrected chi connectivity index (χ3v) is 4.61. The highest BCUT2D eigenvalue weighted by Gasteiger charge is 2.23. The van der Waals surface area contributed by atoms with Crippen molar-refractivity contribution < 1.29 is 9.21 Å². The van der Waals surface area contributed by atoms with Crippen LogP contribution in [0.15, 0.2) is 88.6 Å². The molecule has 0 spiro atoms. The second-order valence-corrected chi connectivity index (χ2v) is 6.42. The summed E-state index contributed by atoms with van der Waals surface area (Å²) in [6, 6.07) is 23.5. The molecule has 0 radical (unpaired) electrons. The SMILES string of the molecule is O=C(CN[C@H](c1ccccc1)c1ccco1)N1CCC(c2ccccc2)=N1. The summed E-state index contributed by atoms with van der Waals surface area (Å²) in [6.45, 7) is 0.799. The van der Waals surface area contributed by atoms with E-state index in [0.717, 1.165) is 29.0 Å². The molecule has 1 aromatic heterocycles. The molecule has 0 fully saturated rings. The van der Waals surface area contributed by atoms with E-state index in [1.165, 1.54) is 0 Å². The van der Waals surface area contributed by atoms with Crippen molar-refractivity contribution in [3.8, 4) is 0 Å². The summed E-state index contributed by atoms with van der Waals surface area (Å²) in [4.78, 5) is 12.7. The molecule has 5 nitrogen and oxygen atoms in total. The molecule has 0 aliphatic carbocycles. The highest BCUT2D eigenvalue weighted by Crippen LogP contribution is 2.22. The van der Waals surface area contributed by atoms with E-state index < -0.39 is 0 Å². The number of nitrogens with zero attached hydrogens (tertiary/aromatic N) is 2. The summed E-state index contributed by atoms with van der Waals surface area (Å²) in [7, 11) is 0. The monoisotopic (exact) mass is 359 g/mol. The lowest BCUT2D eigenvalue weighted by molar-refractivity contribution is -0.129. The fourth-order valence-electron chi connectivity index (χ4n) is 3.23. The molecule has 0 unspecified atom stereocenters. The number of hydrazone groups is 1. The molecule has 1 amide bonds. The Morgan fingerprint density at radius 1 is 1.04 bits per heavy atom. The normalized spacial score (nSPS) is 14.8. The molecule has 1 aliphatic heterocycles. The zero-order chi connectivity index (χ0) is 18.5. The number of benzene rings is 2. The van der Waals surface area contributed by atoms with Gasteiger partial charge in [-0.2, -0.15) is 5.10 Å². The van der Waals surface area contributed by atoms with Gasteiger partial charge in [-0.05, 0) is 23.3 Å². The molecule has 2 aromatic carbocycles. The van der Waals surface area contributed by atoms with Crippen molar-refractivity contribution in [2.24, 2.45) is 5.10 Å². The average molecular weight is 359 g/mol. The van der Waals surface area contributed by atoms with Crippen LogP contribution in [0, 0.1) is 0 Å². The van der Waals surface area contributed by atoms with Gasteiger partial charge in [0.15, 0.2) is 0 Å². The van der Waals surface area contributed by atoms with Crippen LogP contribution in [-0.2, 0) is 4.79 Å². The van der Waals surface area contributed by atoms with Gasteiger partial charge >= 0.3 is 0 Å². The summed E-state index contributed by atoms with van der Waals surface area (Å²) in [5, 5.41) is 9.38. The molecular formula is C22H21N3O2. The Hall–Kier alpha value is -3.18. The van der Waals surface area contributed by atoms with E-state index in [0.29, 0.717) is 6.54 Å². The lowest BCUT2D eigenvalue weighted by Gasteiger charge is -2.18. The van der Waals surface area contributed by atoms with Crippen LogP contribution in [0.4, 0.5) is 0 Å². The third kappa shape index (κ3) is 3.99. The minimum Gasteiger partial charge on any atom is -0.467 e. The van der Waals surface area contributed by atoms with E-state index in [-0.39, 0.29) is 18.5 Å². The number of carbonyl (C=O) groups is 1. The van der Waals surface area contributed by atoms with E-state index in [1.54, 1.807) is 11.3 Å². The van der Waals surface area contributed by atoms with Gasteiger partial charge in [-0.1, -0.05) is 60.7 Å². The van der Waals surface area contributed by atoms with Crippen molar-refractivity contribution in [2.75, 3.05) is 13.1 Å². The smallest absolute Gasteiger partial charge is 0.256 e. The maximum Gasteiger partial charge on any atom is 0.256 e. The van der Waals surface area contributed by atoms with Crippen molar-refractivity contribution in [2.45, 2.75) is 12.5 Å². The lowest BCUT2D eigenvalue weighted by Crippen LogP contribution is -2.35. The molecule has 0 bridgehead atoms. The van der Waals surface area contributed by atoms with Crippen LogP contribution >= 0.6 is 0 Å². The molecule has 1 N–H and O–H groups in total. The van der Waals surface area contributed by atoms with Gasteiger partial charge in [0.2, 0.25) is 0 Å². The molecule has 3 aromatic rings. The van der Waals surface area contributed by atoms with Crippen LogP contribution in [0.2, 0.25) is 0 Å². The molecular weight excluding hydrogens is 338 g/mol. The largest absolute Gasteiger partial charge is 0.467 e. The van der Waals surface area contributed by atoms with Crippen LogP contribution in [0.5, 0.6) is 0 Å². The lowest BCUT2D eigenvalue weighted by atomic mass is 10.0. The highest BCUT2D eigenvalue weighted by molar-refractivity contribution is 6.02. The first-order chi connectivity index (χ1) is 13.3. The zero-order valence-electron chi connectivity index (χ0n) is 14.9. The van der Waals surface area contributed by atoms with Gasteiger partial charge in [-0.25, -0.2) is 5.01 Å². The second kappa shape index (κ2) is 8.01. The molecule has 136 valence electrons. The van der Waals surface area contributed by atoms with Gasteiger partial charge in [0, 0.05) is 6.42 Å². The standard InChI is InChI=1S/C22H21N3O2/c26-21(25-14-13-19(24-25)17-8-3-1-4-9-17)16-23-22(20-12-7-15-27-20)18-10-5-2-6-11-18/h1-12,15,22-23H,13-14,16H2/t22-/m1/s1. The van der Waals surface area contributed by atoms with Gasteiger partial charge < -0.3 is 4.42 Å². The number of hydrogen-bond donors (Lipinski definition) is 1. The van der Waals surface area contributed by atoms with E-state index in [9.17, 15) is 4.79 Å². The Morgan fingerprint density at radius 3 is 2.48 bits per heavy atom. The van der Waals surface area contributed by atoms with E-state index in [4.69, 9.17) is 4.42 Å². The summed E-state index contributed by atoms with van der Waals surface area (Å²) in [6.07, 6.45) is 2.42. The summed E-state index contributed by atoms with van der Waals surface area (Å²) in [5.41, 5.74) is 3.07. The Labute approximate surface area is 158 Å². The van der Waals surface area contributed by atoms with Gasteiger partial charge in [0.1, 0.15) is 5.76 Å². The first-order valence-corrected chi connectivity index (χ1v) is 9.06. The van der Waals surface area contributed by atoms with Gasteiger partial charge in [-0.3, -0.25) is 10.1 Å².